The molecule has 2 heterocycles. The second kappa shape index (κ2) is 8.02. The lowest BCUT2D eigenvalue weighted by Gasteiger charge is -2.12. The van der Waals surface area contributed by atoms with Crippen LogP contribution in [0.25, 0.3) is 11.3 Å². The van der Waals surface area contributed by atoms with Crippen molar-refractivity contribution in [3.05, 3.63) is 83.7 Å². The van der Waals surface area contributed by atoms with Crippen molar-refractivity contribution < 1.29 is 18.5 Å². The monoisotopic (exact) mass is 389 g/mol. The fraction of sp³-hybridized carbons (Fsp3) is 0.136. The average molecular weight is 389 g/mol. The summed E-state index contributed by atoms with van der Waals surface area (Å²) >= 11 is 0. The summed E-state index contributed by atoms with van der Waals surface area (Å²) in [6, 6.07) is 14.4. The molecule has 0 aliphatic rings. The summed E-state index contributed by atoms with van der Waals surface area (Å²) in [6.45, 7) is 3.97. The maximum absolute atomic E-state index is 12.8. The number of hydrogen-bond acceptors (Lipinski definition) is 6. The third kappa shape index (κ3) is 4.03. The number of anilines is 1. The summed E-state index contributed by atoms with van der Waals surface area (Å²) in [7, 11) is 0. The summed E-state index contributed by atoms with van der Waals surface area (Å²) in [5, 5.41) is 6.81. The van der Waals surface area contributed by atoms with Gasteiger partial charge in [-0.15, -0.1) is 0 Å². The third-order valence-electron chi connectivity index (χ3n) is 4.54. The molecule has 1 amide bonds. The van der Waals surface area contributed by atoms with E-state index >= 15 is 0 Å². The molecule has 0 spiro atoms. The molecule has 0 saturated carbocycles. The summed E-state index contributed by atoms with van der Waals surface area (Å²) in [4.78, 5) is 16.7. The number of benzene rings is 2. The number of hydrogen-bond donors (Lipinski definition) is 1. The molecule has 2 aromatic heterocycles. The average Bonchev–Trinajstić information content (AvgIpc) is 3.38. The number of aromatic nitrogens is 2. The molecule has 0 radical (unpaired) electrons. The first kappa shape index (κ1) is 18.5. The van der Waals surface area contributed by atoms with Crippen LogP contribution >= 0.6 is 0 Å². The van der Waals surface area contributed by atoms with Gasteiger partial charge in [0.15, 0.2) is 12.2 Å². The van der Waals surface area contributed by atoms with Gasteiger partial charge in [-0.3, -0.25) is 4.79 Å². The van der Waals surface area contributed by atoms with E-state index in [1.807, 2.05) is 44.2 Å². The van der Waals surface area contributed by atoms with Crippen molar-refractivity contribution in [2.45, 2.75) is 20.5 Å². The molecule has 4 aromatic rings. The summed E-state index contributed by atoms with van der Waals surface area (Å²) in [5.74, 6) is 1.60. The van der Waals surface area contributed by atoms with Crippen LogP contribution in [0.5, 0.6) is 5.75 Å². The van der Waals surface area contributed by atoms with Gasteiger partial charge in [0.2, 0.25) is 0 Å². The predicted molar refractivity (Wildman–Crippen MR) is 107 cm³/mol. The smallest absolute Gasteiger partial charge is 0.259 e. The molecular weight excluding hydrogens is 370 g/mol. The highest BCUT2D eigenvalue weighted by atomic mass is 16.5. The fourth-order valence-corrected chi connectivity index (χ4v) is 2.91. The van der Waals surface area contributed by atoms with Crippen LogP contribution in [-0.4, -0.2) is 16.0 Å². The normalized spacial score (nSPS) is 10.7. The molecule has 0 saturated heterocycles. The minimum Gasteiger partial charge on any atom is -0.488 e. The van der Waals surface area contributed by atoms with Crippen molar-refractivity contribution in [1.29, 1.82) is 0 Å². The van der Waals surface area contributed by atoms with Gasteiger partial charge in [-0.1, -0.05) is 17.3 Å². The highest BCUT2D eigenvalue weighted by Crippen LogP contribution is 2.24. The Morgan fingerprint density at radius 3 is 2.59 bits per heavy atom. The van der Waals surface area contributed by atoms with Gasteiger partial charge in [-0.25, -0.2) is 4.98 Å². The van der Waals surface area contributed by atoms with E-state index in [1.165, 1.54) is 6.39 Å². The number of carbonyl (C=O) groups is 1. The SMILES string of the molecule is Cc1noc(C)c1COc1ccccc1C(=O)Nc1ccc(-c2cnco2)cc1. The lowest BCUT2D eigenvalue weighted by Crippen LogP contribution is -2.13. The summed E-state index contributed by atoms with van der Waals surface area (Å²) < 4.78 is 16.3. The van der Waals surface area contributed by atoms with Crippen molar-refractivity contribution in [3.8, 4) is 17.1 Å². The van der Waals surface area contributed by atoms with E-state index in [0.29, 0.717) is 28.5 Å². The van der Waals surface area contributed by atoms with Gasteiger partial charge in [-0.05, 0) is 50.2 Å². The van der Waals surface area contributed by atoms with Crippen molar-refractivity contribution >= 4 is 11.6 Å². The van der Waals surface area contributed by atoms with Crippen LogP contribution in [0.4, 0.5) is 5.69 Å². The Bertz CT molecular complexity index is 1100. The number of rotatable bonds is 6. The third-order valence-corrected chi connectivity index (χ3v) is 4.54. The molecule has 29 heavy (non-hydrogen) atoms. The van der Waals surface area contributed by atoms with Crippen molar-refractivity contribution in [3.63, 3.8) is 0 Å². The second-order valence-electron chi connectivity index (χ2n) is 6.48. The maximum atomic E-state index is 12.8. The minimum absolute atomic E-state index is 0.258. The van der Waals surface area contributed by atoms with Gasteiger partial charge < -0.3 is 19.0 Å². The standard InChI is InChI=1S/C22H19N3O4/c1-14-19(15(2)29-25-14)12-27-20-6-4-3-5-18(20)22(26)24-17-9-7-16(8-10-17)21-11-23-13-28-21/h3-11,13H,12H2,1-2H3,(H,24,26). The number of para-hydroxylation sites is 1. The molecule has 146 valence electrons. The van der Waals surface area contributed by atoms with Crippen LogP contribution in [0.3, 0.4) is 0 Å². The maximum Gasteiger partial charge on any atom is 0.259 e. The van der Waals surface area contributed by atoms with Gasteiger partial charge in [0.25, 0.3) is 5.91 Å². The molecule has 7 heteroatoms. The van der Waals surface area contributed by atoms with Crippen molar-refractivity contribution in [2.75, 3.05) is 5.32 Å². The van der Waals surface area contributed by atoms with Crippen LogP contribution in [0.2, 0.25) is 0 Å². The minimum atomic E-state index is -0.258. The first-order valence-electron chi connectivity index (χ1n) is 9.05. The fourth-order valence-electron chi connectivity index (χ4n) is 2.91. The summed E-state index contributed by atoms with van der Waals surface area (Å²) in [6.07, 6.45) is 3.02. The molecule has 0 aliphatic carbocycles. The van der Waals surface area contributed by atoms with Gasteiger partial charge in [0, 0.05) is 11.3 Å². The predicted octanol–water partition coefficient (Wildman–Crippen LogP) is 4.78. The van der Waals surface area contributed by atoms with Crippen molar-refractivity contribution in [2.24, 2.45) is 0 Å². The Labute approximate surface area is 167 Å². The van der Waals surface area contributed by atoms with Gasteiger partial charge in [0.05, 0.1) is 23.0 Å². The zero-order valence-electron chi connectivity index (χ0n) is 16.0. The highest BCUT2D eigenvalue weighted by molar-refractivity contribution is 6.06. The Balaban J connectivity index is 1.47. The van der Waals surface area contributed by atoms with E-state index in [2.05, 4.69) is 15.5 Å². The van der Waals surface area contributed by atoms with E-state index in [1.54, 1.807) is 24.4 Å². The number of nitrogens with one attached hydrogen (secondary N) is 1. The molecular formula is C22H19N3O4. The Hall–Kier alpha value is -3.87. The van der Waals surface area contributed by atoms with E-state index in [9.17, 15) is 4.79 Å². The number of oxazole rings is 1. The number of nitrogens with zero attached hydrogens (tertiary/aromatic N) is 2. The zero-order valence-corrected chi connectivity index (χ0v) is 16.0. The van der Waals surface area contributed by atoms with E-state index < -0.39 is 0 Å². The quantitative estimate of drug-likeness (QED) is 0.510. The lowest BCUT2D eigenvalue weighted by atomic mass is 10.1. The largest absolute Gasteiger partial charge is 0.488 e. The molecule has 1 N–H and O–H groups in total. The molecule has 0 fully saturated rings. The van der Waals surface area contributed by atoms with Crippen molar-refractivity contribution in [1.82, 2.24) is 10.1 Å². The van der Waals surface area contributed by atoms with E-state index in [4.69, 9.17) is 13.7 Å². The zero-order chi connectivity index (χ0) is 20.2. The molecule has 4 rings (SSSR count). The Morgan fingerprint density at radius 2 is 1.90 bits per heavy atom. The van der Waals surface area contributed by atoms with Gasteiger partial charge in [0.1, 0.15) is 18.1 Å². The first-order valence-corrected chi connectivity index (χ1v) is 9.05. The first-order chi connectivity index (χ1) is 14.1. The van der Waals surface area contributed by atoms with Crippen LogP contribution in [0.1, 0.15) is 27.4 Å². The number of carbonyl (C=O) groups excluding carboxylic acids is 1. The summed E-state index contributed by atoms with van der Waals surface area (Å²) in [5.41, 5.74) is 3.64. The molecule has 0 atom stereocenters. The van der Waals surface area contributed by atoms with Crippen LogP contribution in [0.15, 0.2) is 70.1 Å². The molecule has 2 aromatic carbocycles. The highest BCUT2D eigenvalue weighted by Gasteiger charge is 2.15. The number of ether oxygens (including phenoxy) is 1. The molecule has 7 nitrogen and oxygen atoms in total. The number of amides is 1. The topological polar surface area (TPSA) is 90.4 Å². The molecule has 0 bridgehead atoms. The van der Waals surface area contributed by atoms with Crippen LogP contribution < -0.4 is 10.1 Å². The van der Waals surface area contributed by atoms with Gasteiger partial charge in [-0.2, -0.15) is 0 Å². The lowest BCUT2D eigenvalue weighted by molar-refractivity contribution is 0.102. The Kier molecular flexibility index (Phi) is 5.11. The van der Waals surface area contributed by atoms with E-state index in [-0.39, 0.29) is 12.5 Å². The molecule has 0 unspecified atom stereocenters. The number of aryl methyl sites for hydroxylation is 2. The van der Waals surface area contributed by atoms with E-state index in [0.717, 1.165) is 16.8 Å². The van der Waals surface area contributed by atoms with Gasteiger partial charge >= 0.3 is 0 Å². The second-order valence-corrected chi connectivity index (χ2v) is 6.48. The van der Waals surface area contributed by atoms with Crippen LogP contribution in [0, 0.1) is 13.8 Å². The Morgan fingerprint density at radius 1 is 1.10 bits per heavy atom. The van der Waals surface area contributed by atoms with Crippen LogP contribution in [-0.2, 0) is 6.61 Å². The molecule has 0 aliphatic heterocycles.